The molecule has 0 atom stereocenters. The standard InChI is InChI=1S/C42H28/c1-3-11-29(12-4-1)36-25-26-39-40(28-36)42(32-14-5-2-6-15-32)38-18-10-9-17-37(38)41(39)33-22-19-31(20-23-33)35-24-21-30-13-7-8-16-34(30)27-35/h1-28H/i9D,10D,17D,18D,25D,26D,28D. The fourth-order valence-corrected chi connectivity index (χ4v) is 5.85. The maximum Gasteiger partial charge on any atom is 0.0636 e. The third-order valence-electron chi connectivity index (χ3n) is 7.88. The number of rotatable bonds is 4. The van der Waals surface area contributed by atoms with Gasteiger partial charge in [-0.3, -0.25) is 0 Å². The van der Waals surface area contributed by atoms with Crippen LogP contribution in [-0.4, -0.2) is 0 Å². The van der Waals surface area contributed by atoms with Crippen LogP contribution < -0.4 is 0 Å². The van der Waals surface area contributed by atoms with E-state index in [4.69, 9.17) is 2.74 Å². The minimum absolute atomic E-state index is 0.0319. The number of hydrogen-bond acceptors (Lipinski definition) is 0. The summed E-state index contributed by atoms with van der Waals surface area (Å²) in [5.41, 5.74) is 5.06. The second-order valence-corrected chi connectivity index (χ2v) is 10.4. The molecule has 0 radical (unpaired) electrons. The summed E-state index contributed by atoms with van der Waals surface area (Å²) in [6.07, 6.45) is 0. The maximum atomic E-state index is 9.68. The molecule has 8 aromatic carbocycles. The molecule has 0 fully saturated rings. The van der Waals surface area contributed by atoms with Gasteiger partial charge in [-0.15, -0.1) is 0 Å². The van der Waals surface area contributed by atoms with Crippen molar-refractivity contribution in [1.82, 2.24) is 0 Å². The van der Waals surface area contributed by atoms with Gasteiger partial charge in [0.1, 0.15) is 0 Å². The van der Waals surface area contributed by atoms with E-state index in [9.17, 15) is 6.85 Å². The SMILES string of the molecule is [2H]c1c([2H])c([2H])c2c(-c3ccccc3)c3c([2H])c(-c4ccccc4)c([2H])c([2H])c3c(-c3ccc(-c4ccc5ccccc5c4)cc3)c2c1[2H]. The third kappa shape index (κ3) is 4.17. The van der Waals surface area contributed by atoms with Crippen LogP contribution in [0.4, 0.5) is 0 Å². The topological polar surface area (TPSA) is 0 Å². The van der Waals surface area contributed by atoms with Crippen molar-refractivity contribution in [2.24, 2.45) is 0 Å². The summed E-state index contributed by atoms with van der Waals surface area (Å²) in [6.45, 7) is 0. The van der Waals surface area contributed by atoms with Gasteiger partial charge in [-0.1, -0.05) is 158 Å². The molecule has 0 aromatic heterocycles. The molecule has 0 nitrogen and oxygen atoms in total. The molecule has 0 saturated carbocycles. The van der Waals surface area contributed by atoms with Crippen LogP contribution in [0.5, 0.6) is 0 Å². The summed E-state index contributed by atoms with van der Waals surface area (Å²) in [7, 11) is 0. The van der Waals surface area contributed by atoms with Gasteiger partial charge in [0.05, 0.1) is 9.60 Å². The molecule has 0 spiro atoms. The van der Waals surface area contributed by atoms with Crippen molar-refractivity contribution in [1.29, 1.82) is 0 Å². The van der Waals surface area contributed by atoms with Crippen LogP contribution in [0.25, 0.3) is 76.8 Å². The molecule has 0 amide bonds. The van der Waals surface area contributed by atoms with Crippen LogP contribution in [0.2, 0.25) is 0 Å². The zero-order chi connectivity index (χ0) is 34.0. The Balaban J connectivity index is 1.53. The van der Waals surface area contributed by atoms with Crippen LogP contribution in [0.3, 0.4) is 0 Å². The fourth-order valence-electron chi connectivity index (χ4n) is 5.85. The van der Waals surface area contributed by atoms with E-state index in [1.807, 2.05) is 97.1 Å². The average molecular weight is 540 g/mol. The van der Waals surface area contributed by atoms with E-state index in [0.717, 1.165) is 21.9 Å². The Hall–Kier alpha value is -5.46. The average Bonchev–Trinajstić information content (AvgIpc) is 3.15. The third-order valence-corrected chi connectivity index (χ3v) is 7.88. The number of benzene rings is 8. The van der Waals surface area contributed by atoms with Gasteiger partial charge in [0.15, 0.2) is 0 Å². The summed E-state index contributed by atoms with van der Waals surface area (Å²) in [5.74, 6) is 0. The molecular formula is C42H28. The molecule has 42 heavy (non-hydrogen) atoms. The van der Waals surface area contributed by atoms with E-state index in [0.29, 0.717) is 44.2 Å². The summed E-state index contributed by atoms with van der Waals surface area (Å²) in [6, 6.07) is 39.2. The maximum absolute atomic E-state index is 9.68. The predicted octanol–water partition coefficient (Wildman–Crippen LogP) is 11.8. The Kier molecular flexibility index (Phi) is 4.38. The fraction of sp³-hybridized carbons (Fsp3) is 0. The second kappa shape index (κ2) is 10.2. The van der Waals surface area contributed by atoms with E-state index < -0.39 is 0 Å². The highest BCUT2D eigenvalue weighted by atomic mass is 14.2. The highest BCUT2D eigenvalue weighted by molar-refractivity contribution is 6.22. The van der Waals surface area contributed by atoms with Gasteiger partial charge < -0.3 is 0 Å². The van der Waals surface area contributed by atoms with E-state index in [2.05, 4.69) is 30.3 Å². The van der Waals surface area contributed by atoms with Crippen LogP contribution in [-0.2, 0) is 0 Å². The lowest BCUT2D eigenvalue weighted by molar-refractivity contribution is 1.62. The van der Waals surface area contributed by atoms with Crippen molar-refractivity contribution in [3.8, 4) is 44.5 Å². The van der Waals surface area contributed by atoms with Gasteiger partial charge in [0, 0.05) is 0 Å². The van der Waals surface area contributed by atoms with Crippen LogP contribution in [0.1, 0.15) is 9.60 Å². The molecular weight excluding hydrogens is 504 g/mol. The van der Waals surface area contributed by atoms with E-state index in [1.165, 1.54) is 0 Å². The highest BCUT2D eigenvalue weighted by Crippen LogP contribution is 2.45. The molecule has 0 aliphatic rings. The van der Waals surface area contributed by atoms with Crippen molar-refractivity contribution in [2.45, 2.75) is 0 Å². The zero-order valence-electron chi connectivity index (χ0n) is 29.6. The highest BCUT2D eigenvalue weighted by Gasteiger charge is 2.17. The van der Waals surface area contributed by atoms with Gasteiger partial charge in [0.2, 0.25) is 0 Å². The minimum Gasteiger partial charge on any atom is -0.0622 e. The van der Waals surface area contributed by atoms with Crippen molar-refractivity contribution in [3.63, 3.8) is 0 Å². The lowest BCUT2D eigenvalue weighted by Crippen LogP contribution is -1.92. The predicted molar refractivity (Wildman–Crippen MR) is 181 cm³/mol. The Morgan fingerprint density at radius 3 is 1.55 bits per heavy atom. The van der Waals surface area contributed by atoms with Crippen molar-refractivity contribution in [3.05, 3.63) is 170 Å². The van der Waals surface area contributed by atoms with Crippen LogP contribution >= 0.6 is 0 Å². The van der Waals surface area contributed by atoms with E-state index in [1.54, 1.807) is 0 Å². The first-order valence-corrected chi connectivity index (χ1v) is 14.0. The molecule has 8 rings (SSSR count). The van der Waals surface area contributed by atoms with E-state index in [-0.39, 0.29) is 53.1 Å². The first-order chi connectivity index (χ1) is 23.8. The summed E-state index contributed by atoms with van der Waals surface area (Å²) < 4.78 is 64.2. The van der Waals surface area contributed by atoms with Gasteiger partial charge in [-0.25, -0.2) is 0 Å². The Labute approximate surface area is 256 Å². The molecule has 0 heteroatoms. The molecule has 0 unspecified atom stereocenters. The lowest BCUT2D eigenvalue weighted by atomic mass is 9.84. The Bertz CT molecular complexity index is 2600. The lowest BCUT2D eigenvalue weighted by Gasteiger charge is -2.19. The van der Waals surface area contributed by atoms with Crippen molar-refractivity contribution in [2.75, 3.05) is 0 Å². The Morgan fingerprint density at radius 1 is 0.333 bits per heavy atom. The van der Waals surface area contributed by atoms with Gasteiger partial charge in [-0.2, -0.15) is 0 Å². The van der Waals surface area contributed by atoms with Gasteiger partial charge in [-0.05, 0) is 88.9 Å². The first kappa shape index (κ1) is 18.1. The molecule has 196 valence electrons. The molecule has 0 N–H and O–H groups in total. The molecule has 0 aliphatic carbocycles. The summed E-state index contributed by atoms with van der Waals surface area (Å²) in [4.78, 5) is 0. The van der Waals surface area contributed by atoms with Crippen LogP contribution in [0, 0.1) is 0 Å². The number of fused-ring (bicyclic) bond motifs is 3. The normalized spacial score (nSPS) is 13.7. The van der Waals surface area contributed by atoms with Crippen molar-refractivity contribution >= 4 is 32.3 Å². The summed E-state index contributed by atoms with van der Waals surface area (Å²) in [5, 5.41) is 3.48. The summed E-state index contributed by atoms with van der Waals surface area (Å²) >= 11 is 0. The molecule has 0 aliphatic heterocycles. The molecule has 0 bridgehead atoms. The molecule has 0 saturated heterocycles. The van der Waals surface area contributed by atoms with Crippen LogP contribution in [0.15, 0.2) is 170 Å². The van der Waals surface area contributed by atoms with Crippen molar-refractivity contribution < 1.29 is 9.60 Å². The smallest absolute Gasteiger partial charge is 0.0622 e. The molecule has 0 heterocycles. The van der Waals surface area contributed by atoms with Gasteiger partial charge in [0.25, 0.3) is 0 Å². The second-order valence-electron chi connectivity index (χ2n) is 10.4. The quantitative estimate of drug-likeness (QED) is 0.195. The molecule has 8 aromatic rings. The first-order valence-electron chi connectivity index (χ1n) is 17.5. The Morgan fingerprint density at radius 2 is 0.833 bits per heavy atom. The largest absolute Gasteiger partial charge is 0.0636 e. The zero-order valence-corrected chi connectivity index (χ0v) is 22.6. The van der Waals surface area contributed by atoms with Gasteiger partial charge >= 0.3 is 0 Å². The van der Waals surface area contributed by atoms with E-state index >= 15 is 0 Å². The monoisotopic (exact) mass is 539 g/mol. The minimum atomic E-state index is -0.380. The number of hydrogen-bond donors (Lipinski definition) is 0.